The van der Waals surface area contributed by atoms with Crippen molar-refractivity contribution >= 4 is 11.3 Å². The van der Waals surface area contributed by atoms with Crippen molar-refractivity contribution in [2.45, 2.75) is 26.4 Å². The molecule has 0 radical (unpaired) electrons. The molecule has 2 aromatic heterocycles. The van der Waals surface area contributed by atoms with E-state index >= 15 is 0 Å². The molecule has 1 N–H and O–H groups in total. The minimum atomic E-state index is 0.227. The highest BCUT2D eigenvalue weighted by Crippen LogP contribution is 2.17. The van der Waals surface area contributed by atoms with Crippen molar-refractivity contribution < 1.29 is 0 Å². The Hall–Kier alpha value is -2.12. The van der Waals surface area contributed by atoms with E-state index in [4.69, 9.17) is 0 Å². The molecule has 0 amide bonds. The normalized spacial score (nSPS) is 12.5. The fraction of sp³-hybridized carbons (Fsp3) is 0.286. The van der Waals surface area contributed by atoms with Gasteiger partial charge < -0.3 is 5.32 Å². The number of benzene rings is 1. The van der Waals surface area contributed by atoms with Crippen molar-refractivity contribution in [2.24, 2.45) is 0 Å². The summed E-state index contributed by atoms with van der Waals surface area (Å²) in [7, 11) is 0. The number of rotatable bonds is 5. The first-order chi connectivity index (χ1) is 10.2. The van der Waals surface area contributed by atoms with Crippen LogP contribution in [0.4, 0.5) is 0 Å². The number of nitrogens with zero attached hydrogens (tertiary/aromatic N) is 5. The van der Waals surface area contributed by atoms with Crippen molar-refractivity contribution in [3.05, 3.63) is 52.2 Å². The lowest BCUT2D eigenvalue weighted by Crippen LogP contribution is -2.18. The molecule has 21 heavy (non-hydrogen) atoms. The zero-order chi connectivity index (χ0) is 14.7. The average Bonchev–Trinajstić information content (AvgIpc) is 3.16. The van der Waals surface area contributed by atoms with E-state index in [1.54, 1.807) is 22.3 Å². The third-order valence-corrected chi connectivity index (χ3v) is 4.18. The van der Waals surface area contributed by atoms with Crippen LogP contribution >= 0.6 is 11.3 Å². The van der Waals surface area contributed by atoms with E-state index in [9.17, 15) is 0 Å². The average molecular weight is 300 g/mol. The minimum Gasteiger partial charge on any atom is -0.304 e. The Morgan fingerprint density at radius 3 is 3.00 bits per heavy atom. The third-order valence-electron chi connectivity index (χ3n) is 3.21. The molecule has 3 aromatic rings. The number of nitrogens with one attached hydrogen (secondary N) is 1. The molecular formula is C14H16N6S. The molecule has 3 rings (SSSR count). The first kappa shape index (κ1) is 13.8. The van der Waals surface area contributed by atoms with Crippen molar-refractivity contribution in [1.82, 2.24) is 30.5 Å². The number of hydrogen-bond donors (Lipinski definition) is 1. The summed E-state index contributed by atoms with van der Waals surface area (Å²) in [5.41, 5.74) is 3.22. The standard InChI is InChI=1S/C14H16N6S/c1-10-8-21-14(17-10)7-15-11(2)12-4-3-5-13(6-12)20-9-16-18-19-20/h3-6,8-9,11,15H,7H2,1-2H3. The summed E-state index contributed by atoms with van der Waals surface area (Å²) in [4.78, 5) is 4.46. The van der Waals surface area contributed by atoms with Crippen LogP contribution in [0.5, 0.6) is 0 Å². The van der Waals surface area contributed by atoms with Gasteiger partial charge in [0.25, 0.3) is 0 Å². The van der Waals surface area contributed by atoms with Gasteiger partial charge in [0.15, 0.2) is 0 Å². The van der Waals surface area contributed by atoms with Crippen LogP contribution in [0.1, 0.15) is 29.2 Å². The fourth-order valence-corrected chi connectivity index (χ4v) is 2.78. The van der Waals surface area contributed by atoms with Crippen molar-refractivity contribution in [2.75, 3.05) is 0 Å². The summed E-state index contributed by atoms with van der Waals surface area (Å²) in [6.45, 7) is 4.92. The van der Waals surface area contributed by atoms with Crippen molar-refractivity contribution in [3.63, 3.8) is 0 Å². The van der Waals surface area contributed by atoms with Crippen LogP contribution in [0.3, 0.4) is 0 Å². The SMILES string of the molecule is Cc1csc(CNC(C)c2cccc(-n3cnnn3)c2)n1. The van der Waals surface area contributed by atoms with Crippen LogP contribution in [-0.2, 0) is 6.54 Å². The van der Waals surface area contributed by atoms with Gasteiger partial charge in [-0.05, 0) is 42.0 Å². The van der Waals surface area contributed by atoms with E-state index in [0.29, 0.717) is 0 Å². The largest absolute Gasteiger partial charge is 0.304 e. The topological polar surface area (TPSA) is 68.5 Å². The molecule has 1 unspecified atom stereocenters. The van der Waals surface area contributed by atoms with Crippen molar-refractivity contribution in [3.8, 4) is 5.69 Å². The van der Waals surface area contributed by atoms with Gasteiger partial charge in [-0.3, -0.25) is 0 Å². The molecule has 0 aliphatic carbocycles. The number of hydrogen-bond acceptors (Lipinski definition) is 6. The van der Waals surface area contributed by atoms with Gasteiger partial charge in [-0.1, -0.05) is 12.1 Å². The number of tetrazole rings is 1. The quantitative estimate of drug-likeness (QED) is 0.783. The zero-order valence-electron chi connectivity index (χ0n) is 11.9. The van der Waals surface area contributed by atoms with Crippen LogP contribution in [0.15, 0.2) is 36.0 Å². The molecule has 6 nitrogen and oxygen atoms in total. The van der Waals surface area contributed by atoms with Crippen LogP contribution in [0.25, 0.3) is 5.69 Å². The van der Waals surface area contributed by atoms with E-state index in [2.05, 4.69) is 50.3 Å². The van der Waals surface area contributed by atoms with Gasteiger partial charge in [0.2, 0.25) is 0 Å². The van der Waals surface area contributed by atoms with Gasteiger partial charge in [0.05, 0.1) is 5.69 Å². The predicted molar refractivity (Wildman–Crippen MR) is 81.3 cm³/mol. The van der Waals surface area contributed by atoms with E-state index < -0.39 is 0 Å². The Morgan fingerprint density at radius 2 is 2.29 bits per heavy atom. The summed E-state index contributed by atoms with van der Waals surface area (Å²) in [5, 5.41) is 17.9. The fourth-order valence-electron chi connectivity index (χ4n) is 2.06. The summed E-state index contributed by atoms with van der Waals surface area (Å²) >= 11 is 1.68. The monoisotopic (exact) mass is 300 g/mol. The second-order valence-electron chi connectivity index (χ2n) is 4.83. The third kappa shape index (κ3) is 3.32. The Bertz CT molecular complexity index is 706. The molecule has 1 aromatic carbocycles. The lowest BCUT2D eigenvalue weighted by atomic mass is 10.1. The van der Waals surface area contributed by atoms with E-state index in [1.165, 1.54) is 5.56 Å². The highest BCUT2D eigenvalue weighted by atomic mass is 32.1. The van der Waals surface area contributed by atoms with E-state index in [0.717, 1.165) is 22.9 Å². The van der Waals surface area contributed by atoms with Gasteiger partial charge >= 0.3 is 0 Å². The number of thiazole rings is 1. The summed E-state index contributed by atoms with van der Waals surface area (Å²) in [5.74, 6) is 0. The van der Waals surface area contributed by atoms with Crippen LogP contribution in [0, 0.1) is 6.92 Å². The molecule has 0 saturated carbocycles. The molecule has 2 heterocycles. The van der Waals surface area contributed by atoms with E-state index in [1.807, 2.05) is 19.1 Å². The maximum atomic E-state index is 4.46. The Balaban J connectivity index is 1.69. The van der Waals surface area contributed by atoms with Crippen LogP contribution in [0.2, 0.25) is 0 Å². The van der Waals surface area contributed by atoms with Crippen LogP contribution < -0.4 is 5.32 Å². The molecule has 0 aliphatic heterocycles. The summed E-state index contributed by atoms with van der Waals surface area (Å²) in [6, 6.07) is 8.40. The van der Waals surface area contributed by atoms with Gasteiger partial charge in [-0.25, -0.2) is 9.67 Å². The second-order valence-corrected chi connectivity index (χ2v) is 5.78. The number of aromatic nitrogens is 5. The Labute approximate surface area is 126 Å². The molecule has 0 aliphatic rings. The molecular weight excluding hydrogens is 284 g/mol. The van der Waals surface area contributed by atoms with Gasteiger partial charge in [0.1, 0.15) is 11.3 Å². The molecule has 0 saturated heterocycles. The highest BCUT2D eigenvalue weighted by molar-refractivity contribution is 7.09. The maximum absolute atomic E-state index is 4.46. The molecule has 108 valence electrons. The van der Waals surface area contributed by atoms with Gasteiger partial charge in [-0.2, -0.15) is 0 Å². The minimum absolute atomic E-state index is 0.227. The second kappa shape index (κ2) is 6.11. The molecule has 0 spiro atoms. The Morgan fingerprint density at radius 1 is 1.38 bits per heavy atom. The van der Waals surface area contributed by atoms with Gasteiger partial charge in [-0.15, -0.1) is 16.4 Å². The molecule has 7 heteroatoms. The smallest absolute Gasteiger partial charge is 0.143 e. The summed E-state index contributed by atoms with van der Waals surface area (Å²) in [6.07, 6.45) is 1.59. The number of aryl methyl sites for hydroxylation is 1. The van der Waals surface area contributed by atoms with Crippen molar-refractivity contribution in [1.29, 1.82) is 0 Å². The van der Waals surface area contributed by atoms with Gasteiger partial charge in [0, 0.05) is 23.7 Å². The highest BCUT2D eigenvalue weighted by Gasteiger charge is 2.08. The lowest BCUT2D eigenvalue weighted by molar-refractivity contribution is 0.572. The van der Waals surface area contributed by atoms with Crippen LogP contribution in [-0.4, -0.2) is 25.2 Å². The maximum Gasteiger partial charge on any atom is 0.143 e. The lowest BCUT2D eigenvalue weighted by Gasteiger charge is -2.14. The zero-order valence-corrected chi connectivity index (χ0v) is 12.7. The summed E-state index contributed by atoms with van der Waals surface area (Å²) < 4.78 is 1.65. The Kier molecular flexibility index (Phi) is 4.03. The molecule has 1 atom stereocenters. The predicted octanol–water partition coefficient (Wildman–Crippen LogP) is 2.28. The first-order valence-electron chi connectivity index (χ1n) is 6.70. The first-order valence-corrected chi connectivity index (χ1v) is 7.58. The van der Waals surface area contributed by atoms with E-state index in [-0.39, 0.29) is 6.04 Å². The molecule has 0 bridgehead atoms. The molecule has 0 fully saturated rings.